The Labute approximate surface area is 240 Å². The number of aromatic hydroxyl groups is 1. The predicted molar refractivity (Wildman–Crippen MR) is 152 cm³/mol. The maximum Gasteiger partial charge on any atom is 0.408 e. The molecule has 2 aromatic rings. The number of benzene rings is 2. The van der Waals surface area contributed by atoms with Crippen LogP contribution < -0.4 is 10.6 Å². The van der Waals surface area contributed by atoms with E-state index in [9.17, 15) is 24.3 Å². The molecule has 2 rings (SSSR count). The lowest BCUT2D eigenvalue weighted by Gasteiger charge is -2.30. The number of carbonyl (C=O) groups is 4. The van der Waals surface area contributed by atoms with Gasteiger partial charge >= 0.3 is 12.1 Å². The van der Waals surface area contributed by atoms with Crippen LogP contribution in [0.15, 0.2) is 48.5 Å². The number of alkyl carbamates (subject to hydrolysis) is 1. The number of phenols is 1. The van der Waals surface area contributed by atoms with Crippen LogP contribution >= 0.6 is 0 Å². The summed E-state index contributed by atoms with van der Waals surface area (Å²) in [5.74, 6) is 0.589. The van der Waals surface area contributed by atoms with E-state index >= 15 is 0 Å². The molecule has 2 aromatic carbocycles. The first kappa shape index (κ1) is 32.3. The summed E-state index contributed by atoms with van der Waals surface area (Å²) >= 11 is 0. The number of nitrogens with zero attached hydrogens (tertiary/aromatic N) is 1. The summed E-state index contributed by atoms with van der Waals surface area (Å²) in [5.41, 5.74) is 0.653. The Morgan fingerprint density at radius 1 is 1.02 bits per heavy atom. The van der Waals surface area contributed by atoms with Gasteiger partial charge in [-0.2, -0.15) is 0 Å². The van der Waals surface area contributed by atoms with Gasteiger partial charge in [-0.25, -0.2) is 4.79 Å². The van der Waals surface area contributed by atoms with Crippen LogP contribution in [0.3, 0.4) is 0 Å². The molecule has 41 heavy (non-hydrogen) atoms. The summed E-state index contributed by atoms with van der Waals surface area (Å²) in [6.45, 7) is 6.83. The van der Waals surface area contributed by atoms with E-state index in [2.05, 4.69) is 22.6 Å². The number of terminal acetylenes is 2. The van der Waals surface area contributed by atoms with Crippen molar-refractivity contribution in [2.45, 2.75) is 58.2 Å². The molecule has 3 N–H and O–H groups in total. The molecule has 0 radical (unpaired) electrons. The maximum atomic E-state index is 13.9. The molecular weight excluding hydrogens is 526 g/mol. The first-order valence-electron chi connectivity index (χ1n) is 12.9. The maximum absolute atomic E-state index is 13.9. The topological polar surface area (TPSA) is 134 Å². The molecule has 10 nitrogen and oxygen atoms in total. The minimum absolute atomic E-state index is 0.0240. The monoisotopic (exact) mass is 561 g/mol. The van der Waals surface area contributed by atoms with Crippen LogP contribution in [0.1, 0.15) is 56.8 Å². The first-order chi connectivity index (χ1) is 19.4. The SMILES string of the molecule is C#Cc1ccc(C(C(=O)NCCC(=O)OCC)N(C#C)C(=O)C(Cc2ccc(O)cc2)NC(=O)OC(C)(C)C)cc1. The number of nitrogens with one attached hydrogen (secondary N) is 2. The fourth-order valence-electron chi connectivity index (χ4n) is 3.75. The number of rotatable bonds is 11. The zero-order valence-corrected chi connectivity index (χ0v) is 23.6. The number of hydrogen-bond donors (Lipinski definition) is 3. The van der Waals surface area contributed by atoms with Crippen molar-refractivity contribution in [2.75, 3.05) is 13.2 Å². The molecule has 0 fully saturated rings. The zero-order valence-electron chi connectivity index (χ0n) is 23.6. The van der Waals surface area contributed by atoms with Gasteiger partial charge in [0.25, 0.3) is 5.91 Å². The van der Waals surface area contributed by atoms with Crippen molar-refractivity contribution in [3.8, 4) is 30.6 Å². The molecule has 0 saturated carbocycles. The van der Waals surface area contributed by atoms with E-state index in [0.29, 0.717) is 16.7 Å². The lowest BCUT2D eigenvalue weighted by molar-refractivity contribution is -0.143. The molecule has 10 heteroatoms. The van der Waals surface area contributed by atoms with E-state index in [1.165, 1.54) is 12.1 Å². The van der Waals surface area contributed by atoms with Crippen LogP contribution in [0.4, 0.5) is 4.79 Å². The standard InChI is InChI=1S/C31H35N3O7/c1-7-21-10-14-23(15-11-21)27(28(37)32-19-18-26(36)40-9-3)34(8-2)29(38)25(33-30(39)41-31(4,5)6)20-22-12-16-24(35)17-13-22/h1-2,10-17,25,27,35H,9,18-20H2,3-6H3,(H,32,37)(H,33,39). The Hall–Kier alpha value is -4.96. The quantitative estimate of drug-likeness (QED) is 0.218. The number of esters is 1. The van der Waals surface area contributed by atoms with E-state index in [1.54, 1.807) is 64.1 Å². The Morgan fingerprint density at radius 3 is 2.20 bits per heavy atom. The number of amides is 3. The summed E-state index contributed by atoms with van der Waals surface area (Å²) in [6.07, 6.45) is 10.3. The molecule has 0 bridgehead atoms. The van der Waals surface area contributed by atoms with Crippen molar-refractivity contribution < 1.29 is 33.8 Å². The number of hydrogen-bond acceptors (Lipinski definition) is 7. The highest BCUT2D eigenvalue weighted by Gasteiger charge is 2.36. The van der Waals surface area contributed by atoms with Crippen molar-refractivity contribution in [1.29, 1.82) is 0 Å². The van der Waals surface area contributed by atoms with Gasteiger partial charge in [-0.3, -0.25) is 19.3 Å². The molecule has 0 heterocycles. The van der Waals surface area contributed by atoms with Gasteiger partial charge in [-0.1, -0.05) is 36.6 Å². The first-order valence-corrected chi connectivity index (χ1v) is 12.9. The molecule has 0 aromatic heterocycles. The normalized spacial score (nSPS) is 12.0. The van der Waals surface area contributed by atoms with Gasteiger partial charge in [0.2, 0.25) is 5.91 Å². The van der Waals surface area contributed by atoms with Crippen molar-refractivity contribution in [3.63, 3.8) is 0 Å². The average molecular weight is 562 g/mol. The molecule has 0 aliphatic heterocycles. The molecule has 216 valence electrons. The fourth-order valence-corrected chi connectivity index (χ4v) is 3.75. The van der Waals surface area contributed by atoms with Gasteiger partial charge in [-0.05, 0) is 63.1 Å². The number of phenolic OH excluding ortho intramolecular Hbond substituents is 1. The second kappa shape index (κ2) is 15.0. The Balaban J connectivity index is 2.45. The van der Waals surface area contributed by atoms with Gasteiger partial charge in [0, 0.05) is 24.6 Å². The highest BCUT2D eigenvalue weighted by Crippen LogP contribution is 2.24. The van der Waals surface area contributed by atoms with Crippen LogP contribution in [0, 0.1) is 24.8 Å². The molecule has 2 unspecified atom stereocenters. The van der Waals surface area contributed by atoms with E-state index in [-0.39, 0.29) is 31.7 Å². The van der Waals surface area contributed by atoms with Crippen molar-refractivity contribution in [3.05, 3.63) is 65.2 Å². The third kappa shape index (κ3) is 10.3. The molecule has 2 atom stereocenters. The second-order valence-corrected chi connectivity index (χ2v) is 9.92. The van der Waals surface area contributed by atoms with Crippen LogP contribution in [0.5, 0.6) is 5.75 Å². The summed E-state index contributed by atoms with van der Waals surface area (Å²) in [5, 5.41) is 14.8. The highest BCUT2D eigenvalue weighted by molar-refractivity contribution is 5.93. The lowest BCUT2D eigenvalue weighted by Crippen LogP contribution is -2.52. The molecular formula is C31H35N3O7. The molecule has 0 saturated heterocycles. The van der Waals surface area contributed by atoms with E-state index in [0.717, 1.165) is 4.90 Å². The van der Waals surface area contributed by atoms with Gasteiger partial charge in [-0.15, -0.1) is 6.42 Å². The van der Waals surface area contributed by atoms with E-state index in [1.807, 2.05) is 0 Å². The van der Waals surface area contributed by atoms with Gasteiger partial charge in [0.15, 0.2) is 0 Å². The van der Waals surface area contributed by atoms with Gasteiger partial charge in [0.1, 0.15) is 23.4 Å². The summed E-state index contributed by atoms with van der Waals surface area (Å²) in [7, 11) is 0. The summed E-state index contributed by atoms with van der Waals surface area (Å²) in [4.78, 5) is 52.7. The van der Waals surface area contributed by atoms with Crippen LogP contribution in [0.25, 0.3) is 0 Å². The summed E-state index contributed by atoms with van der Waals surface area (Å²) < 4.78 is 10.2. The number of carbonyl (C=O) groups excluding carboxylic acids is 4. The predicted octanol–water partition coefficient (Wildman–Crippen LogP) is 3.04. The minimum Gasteiger partial charge on any atom is -0.508 e. The van der Waals surface area contributed by atoms with Crippen LogP contribution in [0.2, 0.25) is 0 Å². The molecule has 0 spiro atoms. The zero-order chi connectivity index (χ0) is 30.6. The average Bonchev–Trinajstić information content (AvgIpc) is 2.91. The molecule has 0 aliphatic rings. The van der Waals surface area contributed by atoms with Crippen LogP contribution in [-0.2, 0) is 30.3 Å². The third-order valence-electron chi connectivity index (χ3n) is 5.58. The third-order valence-corrected chi connectivity index (χ3v) is 5.58. The van der Waals surface area contributed by atoms with E-state index < -0.39 is 41.6 Å². The van der Waals surface area contributed by atoms with Gasteiger partial charge in [0.05, 0.1) is 13.0 Å². The van der Waals surface area contributed by atoms with Crippen molar-refractivity contribution in [1.82, 2.24) is 15.5 Å². The smallest absolute Gasteiger partial charge is 0.408 e. The van der Waals surface area contributed by atoms with Crippen molar-refractivity contribution in [2.24, 2.45) is 0 Å². The summed E-state index contributed by atoms with van der Waals surface area (Å²) in [6, 6.07) is 12.1. The molecule has 0 aliphatic carbocycles. The molecule has 3 amide bonds. The Kier molecular flexibility index (Phi) is 11.8. The second-order valence-electron chi connectivity index (χ2n) is 9.92. The Morgan fingerprint density at radius 2 is 1.66 bits per heavy atom. The van der Waals surface area contributed by atoms with E-state index in [4.69, 9.17) is 22.3 Å². The lowest BCUT2D eigenvalue weighted by atomic mass is 10.00. The van der Waals surface area contributed by atoms with Crippen molar-refractivity contribution >= 4 is 23.9 Å². The fraction of sp³-hybridized carbons (Fsp3) is 0.355. The minimum atomic E-state index is -1.33. The largest absolute Gasteiger partial charge is 0.508 e. The highest BCUT2D eigenvalue weighted by atomic mass is 16.6. The Bertz CT molecular complexity index is 1300. The van der Waals surface area contributed by atoms with Gasteiger partial charge < -0.3 is 25.2 Å². The van der Waals surface area contributed by atoms with Crippen LogP contribution in [-0.4, -0.2) is 58.7 Å². The number of ether oxygens (including phenoxy) is 2.